The Morgan fingerprint density at radius 2 is 2.00 bits per heavy atom. The molecule has 0 amide bonds. The van der Waals surface area contributed by atoms with E-state index in [0.29, 0.717) is 6.42 Å². The summed E-state index contributed by atoms with van der Waals surface area (Å²) >= 11 is 0. The molecule has 7 heteroatoms. The number of hydrogen-bond donors (Lipinski definition) is 3. The highest BCUT2D eigenvalue weighted by molar-refractivity contribution is 6.01. The van der Waals surface area contributed by atoms with Crippen LogP contribution in [0.2, 0.25) is 0 Å². The summed E-state index contributed by atoms with van der Waals surface area (Å²) in [6.07, 6.45) is 0.509. The summed E-state index contributed by atoms with van der Waals surface area (Å²) < 4.78 is 31.9. The second-order valence-corrected chi connectivity index (χ2v) is 9.34. The molecule has 0 aromatic carbocycles. The lowest BCUT2D eigenvalue weighted by Gasteiger charge is -2.63. The monoisotopic (exact) mass is 396 g/mol. The zero-order valence-electron chi connectivity index (χ0n) is 16.0. The summed E-state index contributed by atoms with van der Waals surface area (Å²) in [5.74, 6) is -2.63. The summed E-state index contributed by atoms with van der Waals surface area (Å²) in [6, 6.07) is 0. The van der Waals surface area contributed by atoms with Gasteiger partial charge in [0, 0.05) is 16.7 Å². The number of alkyl halides is 2. The van der Waals surface area contributed by atoms with Crippen molar-refractivity contribution in [3.8, 4) is 0 Å². The Labute approximate surface area is 162 Å². The molecule has 3 saturated carbocycles. The van der Waals surface area contributed by atoms with Crippen LogP contribution in [0.4, 0.5) is 8.78 Å². The number of rotatable bonds is 2. The van der Waals surface area contributed by atoms with Crippen molar-refractivity contribution in [1.29, 1.82) is 0 Å². The van der Waals surface area contributed by atoms with Gasteiger partial charge in [-0.2, -0.15) is 0 Å². The Morgan fingerprint density at radius 1 is 1.32 bits per heavy atom. The van der Waals surface area contributed by atoms with Crippen LogP contribution in [0.3, 0.4) is 0 Å². The summed E-state index contributed by atoms with van der Waals surface area (Å²) in [7, 11) is 0. The maximum Gasteiger partial charge on any atom is 0.190 e. The first-order valence-electron chi connectivity index (χ1n) is 9.78. The molecule has 0 aliphatic heterocycles. The van der Waals surface area contributed by atoms with Crippen LogP contribution in [0, 0.1) is 22.7 Å². The largest absolute Gasteiger partial charge is 0.390 e. The topological polar surface area (TPSA) is 94.8 Å². The molecule has 0 aromatic rings. The van der Waals surface area contributed by atoms with Crippen LogP contribution in [0.25, 0.3) is 0 Å². The van der Waals surface area contributed by atoms with Crippen molar-refractivity contribution in [2.24, 2.45) is 22.7 Å². The highest BCUT2D eigenvalue weighted by Crippen LogP contribution is 2.69. The van der Waals surface area contributed by atoms with E-state index in [4.69, 9.17) is 0 Å². The van der Waals surface area contributed by atoms with E-state index in [2.05, 4.69) is 0 Å². The molecule has 4 aliphatic carbocycles. The third kappa shape index (κ3) is 2.05. The maximum absolute atomic E-state index is 16.7. The fourth-order valence-corrected chi connectivity index (χ4v) is 6.80. The lowest BCUT2D eigenvalue weighted by Crippen LogP contribution is -2.70. The van der Waals surface area contributed by atoms with Crippen LogP contribution >= 0.6 is 0 Å². The Kier molecular flexibility index (Phi) is 4.11. The lowest BCUT2D eigenvalue weighted by atomic mass is 9.44. The molecule has 4 aliphatic rings. The summed E-state index contributed by atoms with van der Waals surface area (Å²) in [6.45, 7) is 2.29. The van der Waals surface area contributed by atoms with E-state index in [9.17, 15) is 24.9 Å². The van der Waals surface area contributed by atoms with Gasteiger partial charge in [0.15, 0.2) is 17.2 Å². The zero-order chi connectivity index (χ0) is 20.7. The first kappa shape index (κ1) is 19.9. The molecule has 0 radical (unpaired) electrons. The van der Waals surface area contributed by atoms with Gasteiger partial charge in [0.25, 0.3) is 0 Å². The van der Waals surface area contributed by atoms with Gasteiger partial charge in [-0.05, 0) is 56.3 Å². The van der Waals surface area contributed by atoms with Gasteiger partial charge in [0.2, 0.25) is 0 Å². The van der Waals surface area contributed by atoms with Crippen molar-refractivity contribution in [2.75, 3.05) is 6.61 Å². The zero-order valence-corrected chi connectivity index (χ0v) is 16.0. The maximum atomic E-state index is 16.7. The number of aliphatic hydroxyl groups excluding tert-OH is 2. The molecule has 28 heavy (non-hydrogen) atoms. The molecule has 5 nitrogen and oxygen atoms in total. The average Bonchev–Trinajstić information content (AvgIpc) is 2.91. The van der Waals surface area contributed by atoms with Gasteiger partial charge < -0.3 is 15.3 Å². The first-order valence-corrected chi connectivity index (χ1v) is 9.78. The van der Waals surface area contributed by atoms with E-state index in [1.54, 1.807) is 6.92 Å². The molecule has 1 unspecified atom stereocenters. The number of Topliss-reactive ketones (excluding diaryl/α,β-unsaturated/α-hetero) is 1. The molecule has 0 heterocycles. The highest BCUT2D eigenvalue weighted by Gasteiger charge is 2.75. The van der Waals surface area contributed by atoms with Crippen LogP contribution in [-0.4, -0.2) is 57.0 Å². The Morgan fingerprint density at radius 3 is 2.64 bits per heavy atom. The molecule has 4 rings (SSSR count). The Balaban J connectivity index is 1.84. The predicted molar refractivity (Wildman–Crippen MR) is 95.7 cm³/mol. The molecule has 0 saturated heterocycles. The summed E-state index contributed by atoms with van der Waals surface area (Å²) in [5, 5.41) is 31.4. The van der Waals surface area contributed by atoms with Gasteiger partial charge in [-0.1, -0.05) is 13.0 Å². The molecule has 154 valence electrons. The SMILES string of the molecule is C[C@]12C[C@H](O)[C@]3(F)[C@H](CC(F)C4=CC(=O)C=C[C@]43C)[C@@H]1CC[C@@]2(O)C(=O)CO. The quantitative estimate of drug-likeness (QED) is 0.659. The Bertz CT molecular complexity index is 809. The van der Waals surface area contributed by atoms with Crippen LogP contribution in [0.1, 0.15) is 39.5 Å². The van der Waals surface area contributed by atoms with Gasteiger partial charge in [-0.15, -0.1) is 0 Å². The molecule has 0 spiro atoms. The van der Waals surface area contributed by atoms with Crippen LogP contribution in [0.5, 0.6) is 0 Å². The van der Waals surface area contributed by atoms with Crippen molar-refractivity contribution in [2.45, 2.75) is 63.1 Å². The number of fused-ring (bicyclic) bond motifs is 5. The molecule has 3 fully saturated rings. The van der Waals surface area contributed by atoms with Crippen LogP contribution < -0.4 is 0 Å². The van der Waals surface area contributed by atoms with Crippen LogP contribution in [-0.2, 0) is 9.59 Å². The van der Waals surface area contributed by atoms with Gasteiger partial charge >= 0.3 is 0 Å². The van der Waals surface area contributed by atoms with Crippen molar-refractivity contribution >= 4 is 11.6 Å². The minimum absolute atomic E-state index is 0.0392. The third-order valence-electron chi connectivity index (χ3n) is 8.39. The predicted octanol–water partition coefficient (Wildman–Crippen LogP) is 1.60. The Hall–Kier alpha value is -1.44. The first-order chi connectivity index (χ1) is 13.0. The van der Waals surface area contributed by atoms with Crippen molar-refractivity contribution in [3.05, 3.63) is 23.8 Å². The lowest BCUT2D eigenvalue weighted by molar-refractivity contribution is -0.221. The van der Waals surface area contributed by atoms with Crippen molar-refractivity contribution < 1.29 is 33.7 Å². The van der Waals surface area contributed by atoms with E-state index < -0.39 is 64.4 Å². The van der Waals surface area contributed by atoms with Crippen molar-refractivity contribution in [3.63, 3.8) is 0 Å². The number of carbonyl (C=O) groups excluding carboxylic acids is 2. The number of halogens is 2. The second kappa shape index (κ2) is 5.80. The number of aliphatic hydroxyl groups is 3. The number of hydrogen-bond acceptors (Lipinski definition) is 5. The van der Waals surface area contributed by atoms with Crippen molar-refractivity contribution in [1.82, 2.24) is 0 Å². The highest BCUT2D eigenvalue weighted by atomic mass is 19.1. The third-order valence-corrected chi connectivity index (χ3v) is 8.39. The number of ketones is 2. The minimum atomic E-state index is -2.23. The molecular weight excluding hydrogens is 370 g/mol. The van der Waals surface area contributed by atoms with E-state index >= 15 is 8.78 Å². The molecule has 0 bridgehead atoms. The standard InChI is InChI=1S/C21H26F2O5/c1-18-5-3-11(25)7-14(18)15(22)8-13-12-4-6-20(28,17(27)10-24)19(12,2)9-16(26)21(13,18)23/h3,5,7,12-13,15-16,24,26,28H,4,6,8-10H2,1-2H3/t12-,13+,15?,16-,18+,19-,20+,21+/m0/s1. The van der Waals surface area contributed by atoms with Gasteiger partial charge in [0.1, 0.15) is 18.4 Å². The van der Waals surface area contributed by atoms with Gasteiger partial charge in [-0.25, -0.2) is 8.78 Å². The van der Waals surface area contributed by atoms with E-state index in [0.717, 1.165) is 6.08 Å². The molecule has 8 atom stereocenters. The summed E-state index contributed by atoms with van der Waals surface area (Å²) in [4.78, 5) is 24.1. The molecular formula is C21H26F2O5. The normalized spacial score (nSPS) is 52.5. The number of allylic oxidation sites excluding steroid dienone is 4. The fourth-order valence-electron chi connectivity index (χ4n) is 6.80. The van der Waals surface area contributed by atoms with Gasteiger partial charge in [-0.3, -0.25) is 9.59 Å². The van der Waals surface area contributed by atoms with E-state index in [1.807, 2.05) is 0 Å². The fraction of sp³-hybridized carbons (Fsp3) is 0.714. The van der Waals surface area contributed by atoms with E-state index in [-0.39, 0.29) is 24.8 Å². The van der Waals surface area contributed by atoms with Crippen LogP contribution in [0.15, 0.2) is 23.8 Å². The number of carbonyl (C=O) groups is 2. The molecule has 0 aromatic heterocycles. The minimum Gasteiger partial charge on any atom is -0.390 e. The van der Waals surface area contributed by atoms with Gasteiger partial charge in [0.05, 0.1) is 6.10 Å². The second-order valence-electron chi connectivity index (χ2n) is 9.34. The van der Waals surface area contributed by atoms with E-state index in [1.165, 1.54) is 19.1 Å². The molecule has 3 N–H and O–H groups in total. The smallest absolute Gasteiger partial charge is 0.190 e. The average molecular weight is 396 g/mol. The summed E-state index contributed by atoms with van der Waals surface area (Å²) in [5.41, 5.74) is -6.71.